The second-order valence-corrected chi connectivity index (χ2v) is 15.5. The maximum absolute atomic E-state index is 12.4. The number of ether oxygens (including phenoxy) is 2. The van der Waals surface area contributed by atoms with Gasteiger partial charge in [-0.1, -0.05) is 160 Å². The Morgan fingerprint density at radius 3 is 1.20 bits per heavy atom. The van der Waals surface area contributed by atoms with Gasteiger partial charge in [0.2, 0.25) is 0 Å². The zero-order valence-electron chi connectivity index (χ0n) is 33.0. The van der Waals surface area contributed by atoms with E-state index >= 15 is 0 Å². The summed E-state index contributed by atoms with van der Waals surface area (Å²) in [7, 11) is -4.75. The van der Waals surface area contributed by atoms with E-state index in [1.165, 1.54) is 122 Å². The highest BCUT2D eigenvalue weighted by atomic mass is 31.2. The third-order valence-corrected chi connectivity index (χ3v) is 9.68. The van der Waals surface area contributed by atoms with Gasteiger partial charge in [0, 0.05) is 12.8 Å². The van der Waals surface area contributed by atoms with Crippen LogP contribution in [0.15, 0.2) is 24.3 Å². The summed E-state index contributed by atoms with van der Waals surface area (Å²) >= 11 is 0. The van der Waals surface area contributed by atoms with Crippen molar-refractivity contribution in [2.75, 3.05) is 13.2 Å². The summed E-state index contributed by atoms with van der Waals surface area (Å²) in [6.45, 7) is 3.67. The smallest absolute Gasteiger partial charge is 0.462 e. The van der Waals surface area contributed by atoms with Gasteiger partial charge in [-0.25, -0.2) is 4.57 Å². The molecule has 300 valence electrons. The second kappa shape index (κ2) is 38.3. The molecule has 1 unspecified atom stereocenters. The van der Waals surface area contributed by atoms with E-state index in [1.807, 2.05) is 0 Å². The predicted octanol–water partition coefficient (Wildman–Crippen LogP) is 12.8. The van der Waals surface area contributed by atoms with Crippen LogP contribution in [-0.4, -0.2) is 41.0 Å². The molecule has 0 bridgehead atoms. The molecule has 0 heterocycles. The summed E-state index contributed by atoms with van der Waals surface area (Å²) in [4.78, 5) is 42.8. The molecule has 2 N–H and O–H groups in total. The summed E-state index contributed by atoms with van der Waals surface area (Å²) in [6, 6.07) is 0. The van der Waals surface area contributed by atoms with Crippen LogP contribution in [0.4, 0.5) is 0 Å². The molecule has 0 saturated carbocycles. The Hall–Kier alpha value is -1.47. The average molecular weight is 743 g/mol. The number of phosphoric acid groups is 1. The van der Waals surface area contributed by atoms with E-state index in [1.54, 1.807) is 0 Å². The third kappa shape index (κ3) is 41.2. The minimum absolute atomic E-state index is 0.210. The molecule has 0 rings (SSSR count). The highest BCUT2D eigenvalue weighted by Crippen LogP contribution is 2.36. The number of rotatable bonds is 39. The van der Waals surface area contributed by atoms with Gasteiger partial charge >= 0.3 is 19.8 Å². The third-order valence-electron chi connectivity index (χ3n) is 9.19. The number of hydrogen-bond donors (Lipinski definition) is 2. The van der Waals surface area contributed by atoms with E-state index < -0.39 is 32.5 Å². The summed E-state index contributed by atoms with van der Waals surface area (Å²) in [5.41, 5.74) is 0. The zero-order valence-corrected chi connectivity index (χ0v) is 33.9. The first kappa shape index (κ1) is 49.5. The van der Waals surface area contributed by atoms with Crippen molar-refractivity contribution in [1.29, 1.82) is 0 Å². The Morgan fingerprint density at radius 1 is 0.490 bits per heavy atom. The molecule has 0 fully saturated rings. The van der Waals surface area contributed by atoms with Crippen molar-refractivity contribution in [1.82, 2.24) is 0 Å². The largest absolute Gasteiger partial charge is 0.469 e. The van der Waals surface area contributed by atoms with Crippen LogP contribution in [0, 0.1) is 0 Å². The number of allylic oxidation sites excluding steroid dienone is 4. The van der Waals surface area contributed by atoms with Crippen LogP contribution in [0.3, 0.4) is 0 Å². The first-order chi connectivity index (χ1) is 24.8. The fourth-order valence-corrected chi connectivity index (χ4v) is 6.37. The Morgan fingerprint density at radius 2 is 0.824 bits per heavy atom. The molecule has 0 aromatic carbocycles. The lowest BCUT2D eigenvalue weighted by Crippen LogP contribution is -2.29. The van der Waals surface area contributed by atoms with Crippen molar-refractivity contribution >= 4 is 19.8 Å². The lowest BCUT2D eigenvalue weighted by Gasteiger charge is -2.18. The van der Waals surface area contributed by atoms with Gasteiger partial charge in [0.1, 0.15) is 6.61 Å². The first-order valence-electron chi connectivity index (χ1n) is 21.1. The van der Waals surface area contributed by atoms with Gasteiger partial charge in [-0.05, 0) is 64.2 Å². The number of carbonyl (C=O) groups is 2. The van der Waals surface area contributed by atoms with Crippen molar-refractivity contribution in [2.45, 2.75) is 219 Å². The summed E-state index contributed by atoms with van der Waals surface area (Å²) in [6.07, 6.45) is 43.2. The molecule has 1 atom stereocenters. The van der Waals surface area contributed by atoms with Gasteiger partial charge in [0.15, 0.2) is 6.10 Å². The molecule has 0 radical (unpaired) electrons. The predicted molar refractivity (Wildman–Crippen MR) is 212 cm³/mol. The molecule has 0 aromatic heterocycles. The summed E-state index contributed by atoms with van der Waals surface area (Å²) in [5, 5.41) is 0. The van der Waals surface area contributed by atoms with Gasteiger partial charge in [0.25, 0.3) is 0 Å². The van der Waals surface area contributed by atoms with Crippen molar-refractivity contribution in [3.63, 3.8) is 0 Å². The molecule has 0 saturated heterocycles. The lowest BCUT2D eigenvalue weighted by molar-refractivity contribution is -0.161. The van der Waals surface area contributed by atoms with Crippen molar-refractivity contribution in [3.8, 4) is 0 Å². The number of esters is 2. The fraction of sp³-hybridized carbons (Fsp3) is 0.857. The quantitative estimate of drug-likeness (QED) is 0.0276. The molecule has 0 aliphatic rings. The van der Waals surface area contributed by atoms with Crippen molar-refractivity contribution < 1.29 is 37.9 Å². The van der Waals surface area contributed by atoms with E-state index in [-0.39, 0.29) is 19.4 Å². The standard InChI is InChI=1S/C42H79O8P/c1-3-5-7-9-11-13-15-17-19-20-21-22-23-25-27-29-31-33-35-37-42(44)50-40(39-49-51(45,46)47)38-48-41(43)36-34-32-30-28-26-24-18-16-14-12-10-8-6-4-2/h16-19,40H,3-15,20-39H2,1-2H3,(H2,45,46,47)/b18-16-,19-17-. The number of phosphoric ester groups is 1. The van der Waals surface area contributed by atoms with Crippen LogP contribution in [0.5, 0.6) is 0 Å². The van der Waals surface area contributed by atoms with Crippen LogP contribution >= 0.6 is 7.82 Å². The molecule has 51 heavy (non-hydrogen) atoms. The molecular weight excluding hydrogens is 663 g/mol. The molecule has 0 spiro atoms. The van der Waals surface area contributed by atoms with Crippen LogP contribution in [0.2, 0.25) is 0 Å². The van der Waals surface area contributed by atoms with Crippen LogP contribution < -0.4 is 0 Å². The van der Waals surface area contributed by atoms with E-state index in [2.05, 4.69) is 42.7 Å². The lowest BCUT2D eigenvalue weighted by atomic mass is 10.1. The zero-order chi connectivity index (χ0) is 37.5. The second-order valence-electron chi connectivity index (χ2n) is 14.3. The monoisotopic (exact) mass is 743 g/mol. The van der Waals surface area contributed by atoms with Gasteiger partial charge in [-0.15, -0.1) is 0 Å². The first-order valence-corrected chi connectivity index (χ1v) is 22.7. The Labute approximate surface area is 313 Å². The van der Waals surface area contributed by atoms with Crippen LogP contribution in [0.25, 0.3) is 0 Å². The maximum atomic E-state index is 12.4. The number of hydrogen-bond acceptors (Lipinski definition) is 6. The molecule has 9 heteroatoms. The Balaban J connectivity index is 3.90. The average Bonchev–Trinajstić information content (AvgIpc) is 3.10. The van der Waals surface area contributed by atoms with E-state index in [0.29, 0.717) is 12.8 Å². The molecule has 0 amide bonds. The van der Waals surface area contributed by atoms with E-state index in [0.717, 1.165) is 51.4 Å². The summed E-state index contributed by atoms with van der Waals surface area (Å²) < 4.78 is 26.4. The summed E-state index contributed by atoms with van der Waals surface area (Å²) in [5.74, 6) is -0.891. The Bertz CT molecular complexity index is 884. The van der Waals surface area contributed by atoms with Crippen molar-refractivity contribution in [3.05, 3.63) is 24.3 Å². The molecule has 0 aromatic rings. The van der Waals surface area contributed by atoms with Gasteiger partial charge in [-0.3, -0.25) is 14.1 Å². The molecular formula is C42H79O8P. The van der Waals surface area contributed by atoms with E-state index in [9.17, 15) is 14.2 Å². The maximum Gasteiger partial charge on any atom is 0.469 e. The van der Waals surface area contributed by atoms with Crippen molar-refractivity contribution in [2.24, 2.45) is 0 Å². The van der Waals surface area contributed by atoms with E-state index in [4.69, 9.17) is 19.3 Å². The van der Waals surface area contributed by atoms with Crippen LogP contribution in [-0.2, 0) is 28.2 Å². The van der Waals surface area contributed by atoms with Gasteiger partial charge in [-0.2, -0.15) is 0 Å². The SMILES string of the molecule is CCCCCCC/C=C\CCCCCCCC(=O)OCC(COP(=O)(O)O)OC(=O)CCCCCCCCCCC/C=C\CCCCCCCC. The normalized spacial score (nSPS) is 12.6. The van der Waals surface area contributed by atoms with Gasteiger partial charge in [0.05, 0.1) is 6.61 Å². The minimum atomic E-state index is -4.75. The Kier molecular flexibility index (Phi) is 37.2. The van der Waals surface area contributed by atoms with Gasteiger partial charge < -0.3 is 19.3 Å². The number of carbonyl (C=O) groups excluding carboxylic acids is 2. The van der Waals surface area contributed by atoms with Crippen LogP contribution in [0.1, 0.15) is 213 Å². The highest BCUT2D eigenvalue weighted by Gasteiger charge is 2.22. The topological polar surface area (TPSA) is 119 Å². The minimum Gasteiger partial charge on any atom is -0.462 e. The molecule has 0 aliphatic heterocycles. The molecule has 8 nitrogen and oxygen atoms in total. The highest BCUT2D eigenvalue weighted by molar-refractivity contribution is 7.46. The molecule has 0 aliphatic carbocycles. The number of unbranched alkanes of at least 4 members (excludes halogenated alkanes) is 25. The fourth-order valence-electron chi connectivity index (χ4n) is 6.01.